The Labute approximate surface area is 104 Å². The zero-order valence-electron chi connectivity index (χ0n) is 9.18. The number of hydrogen-bond acceptors (Lipinski definition) is 4. The first kappa shape index (κ1) is 13.4. The van der Waals surface area contributed by atoms with Gasteiger partial charge in [0, 0.05) is 6.42 Å². The molecule has 1 aromatic carbocycles. The third-order valence-electron chi connectivity index (χ3n) is 2.12. The molecule has 0 N–H and O–H groups in total. The number of alkyl halides is 1. The largest absolute Gasteiger partial charge is 0.463 e. The molecule has 5 heteroatoms. The standard InChI is InChI=1S/C12H11ClO4/c1-17-12(16)11(15)10(13)9(14)7-8-5-3-2-4-6-8/h2-6,10H,7H2,1H3/t10-/m0/s1. The lowest BCUT2D eigenvalue weighted by molar-refractivity contribution is -0.152. The highest BCUT2D eigenvalue weighted by atomic mass is 35.5. The van der Waals surface area contributed by atoms with Gasteiger partial charge in [0.05, 0.1) is 7.11 Å². The van der Waals surface area contributed by atoms with Crippen molar-refractivity contribution in [1.82, 2.24) is 0 Å². The Morgan fingerprint density at radius 1 is 1.24 bits per heavy atom. The van der Waals surface area contributed by atoms with Crippen LogP contribution in [0, 0.1) is 0 Å². The van der Waals surface area contributed by atoms with Crippen LogP contribution in [0.25, 0.3) is 0 Å². The molecule has 1 aromatic rings. The van der Waals surface area contributed by atoms with E-state index < -0.39 is 22.9 Å². The van der Waals surface area contributed by atoms with E-state index in [1.165, 1.54) is 0 Å². The lowest BCUT2D eigenvalue weighted by atomic mass is 10.1. The van der Waals surface area contributed by atoms with Gasteiger partial charge < -0.3 is 4.74 Å². The van der Waals surface area contributed by atoms with Gasteiger partial charge in [0.15, 0.2) is 11.2 Å². The average Bonchev–Trinajstić information content (AvgIpc) is 2.37. The smallest absolute Gasteiger partial charge is 0.376 e. The average molecular weight is 255 g/mol. The first-order valence-electron chi connectivity index (χ1n) is 4.89. The predicted octanol–water partition coefficient (Wildman–Crippen LogP) is 1.15. The van der Waals surface area contributed by atoms with Crippen LogP contribution < -0.4 is 0 Å². The van der Waals surface area contributed by atoms with Crippen LogP contribution >= 0.6 is 11.6 Å². The van der Waals surface area contributed by atoms with Crippen LogP contribution in [0.4, 0.5) is 0 Å². The van der Waals surface area contributed by atoms with Crippen molar-refractivity contribution in [2.24, 2.45) is 0 Å². The SMILES string of the molecule is COC(=O)C(=O)[C@@H](Cl)C(=O)Cc1ccccc1. The van der Waals surface area contributed by atoms with E-state index in [1.54, 1.807) is 24.3 Å². The van der Waals surface area contributed by atoms with Crippen LogP contribution in [-0.4, -0.2) is 30.0 Å². The number of esters is 1. The molecule has 1 atom stereocenters. The van der Waals surface area contributed by atoms with Crippen molar-refractivity contribution in [2.75, 3.05) is 7.11 Å². The molecule has 0 unspecified atom stereocenters. The van der Waals surface area contributed by atoms with Gasteiger partial charge in [-0.2, -0.15) is 0 Å². The predicted molar refractivity (Wildman–Crippen MR) is 61.8 cm³/mol. The monoisotopic (exact) mass is 254 g/mol. The molecule has 0 heterocycles. The molecule has 0 bridgehead atoms. The molecule has 90 valence electrons. The van der Waals surface area contributed by atoms with Crippen molar-refractivity contribution < 1.29 is 19.1 Å². The van der Waals surface area contributed by atoms with E-state index in [4.69, 9.17) is 11.6 Å². The van der Waals surface area contributed by atoms with Crippen molar-refractivity contribution in [3.63, 3.8) is 0 Å². The lowest BCUT2D eigenvalue weighted by Gasteiger charge is -2.06. The number of ketones is 2. The van der Waals surface area contributed by atoms with Gasteiger partial charge in [0.25, 0.3) is 5.78 Å². The normalized spacial score (nSPS) is 11.6. The number of rotatable bonds is 5. The molecule has 0 aliphatic carbocycles. The van der Waals surface area contributed by atoms with Crippen LogP contribution in [0.2, 0.25) is 0 Å². The third kappa shape index (κ3) is 3.67. The van der Waals surface area contributed by atoms with Crippen LogP contribution in [-0.2, 0) is 25.5 Å². The fraction of sp³-hybridized carbons (Fsp3) is 0.250. The third-order valence-corrected chi connectivity index (χ3v) is 2.56. The molecule has 0 aliphatic heterocycles. The van der Waals surface area contributed by atoms with E-state index >= 15 is 0 Å². The maximum atomic E-state index is 11.6. The summed E-state index contributed by atoms with van der Waals surface area (Å²) in [5.74, 6) is -2.66. The Morgan fingerprint density at radius 3 is 2.35 bits per heavy atom. The minimum Gasteiger partial charge on any atom is -0.463 e. The molecular formula is C12H11ClO4. The quantitative estimate of drug-likeness (QED) is 0.342. The topological polar surface area (TPSA) is 60.4 Å². The van der Waals surface area contributed by atoms with Gasteiger partial charge in [0.2, 0.25) is 0 Å². The summed E-state index contributed by atoms with van der Waals surface area (Å²) in [5, 5.41) is -1.48. The molecular weight excluding hydrogens is 244 g/mol. The Balaban J connectivity index is 2.65. The van der Waals surface area contributed by atoms with E-state index in [9.17, 15) is 14.4 Å². The van der Waals surface area contributed by atoms with E-state index in [-0.39, 0.29) is 6.42 Å². The first-order chi connectivity index (χ1) is 8.06. The van der Waals surface area contributed by atoms with Gasteiger partial charge >= 0.3 is 5.97 Å². The molecule has 0 radical (unpaired) electrons. The fourth-order valence-electron chi connectivity index (χ4n) is 1.24. The van der Waals surface area contributed by atoms with Crippen molar-refractivity contribution in [3.8, 4) is 0 Å². The molecule has 0 aromatic heterocycles. The van der Waals surface area contributed by atoms with Gasteiger partial charge in [-0.1, -0.05) is 30.3 Å². The molecule has 17 heavy (non-hydrogen) atoms. The summed E-state index contributed by atoms with van der Waals surface area (Å²) in [6, 6.07) is 8.84. The van der Waals surface area contributed by atoms with Crippen LogP contribution in [0.5, 0.6) is 0 Å². The van der Waals surface area contributed by atoms with Gasteiger partial charge in [-0.15, -0.1) is 11.6 Å². The summed E-state index contributed by atoms with van der Waals surface area (Å²) < 4.78 is 4.21. The number of methoxy groups -OCH3 is 1. The van der Waals surface area contributed by atoms with Crippen LogP contribution in [0.3, 0.4) is 0 Å². The minimum atomic E-state index is -1.48. The van der Waals surface area contributed by atoms with Gasteiger partial charge in [-0.3, -0.25) is 9.59 Å². The Bertz CT molecular complexity index is 427. The first-order valence-corrected chi connectivity index (χ1v) is 5.32. The minimum absolute atomic E-state index is 0.0116. The molecule has 0 aliphatic rings. The summed E-state index contributed by atoms with van der Waals surface area (Å²) >= 11 is 5.61. The number of benzene rings is 1. The van der Waals surface area contributed by atoms with Crippen LogP contribution in [0.1, 0.15) is 5.56 Å². The Hall–Kier alpha value is -1.68. The van der Waals surface area contributed by atoms with E-state index in [0.29, 0.717) is 0 Å². The number of ether oxygens (including phenoxy) is 1. The number of Topliss-reactive ketones (excluding diaryl/α,β-unsaturated/α-hetero) is 2. The summed E-state index contributed by atoms with van der Waals surface area (Å²) in [5.41, 5.74) is 0.737. The maximum Gasteiger partial charge on any atom is 0.376 e. The number of carbonyl (C=O) groups excluding carboxylic acids is 3. The highest BCUT2D eigenvalue weighted by Crippen LogP contribution is 2.07. The van der Waals surface area contributed by atoms with Gasteiger partial charge in [-0.25, -0.2) is 4.79 Å². The second-order valence-corrected chi connectivity index (χ2v) is 3.78. The highest BCUT2D eigenvalue weighted by molar-refractivity contribution is 6.54. The molecule has 0 amide bonds. The molecule has 0 spiro atoms. The number of halogens is 1. The molecule has 0 fully saturated rings. The van der Waals surface area contributed by atoms with E-state index in [2.05, 4.69) is 4.74 Å². The zero-order chi connectivity index (χ0) is 12.8. The highest BCUT2D eigenvalue weighted by Gasteiger charge is 2.29. The molecule has 1 rings (SSSR count). The fourth-order valence-corrected chi connectivity index (χ4v) is 1.40. The van der Waals surface area contributed by atoms with Gasteiger partial charge in [-0.05, 0) is 5.56 Å². The van der Waals surface area contributed by atoms with Crippen LogP contribution in [0.15, 0.2) is 30.3 Å². The zero-order valence-corrected chi connectivity index (χ0v) is 9.94. The van der Waals surface area contributed by atoms with Gasteiger partial charge in [0.1, 0.15) is 0 Å². The second-order valence-electron chi connectivity index (χ2n) is 3.35. The lowest BCUT2D eigenvalue weighted by Crippen LogP contribution is -2.32. The van der Waals surface area contributed by atoms with Crippen molar-refractivity contribution in [3.05, 3.63) is 35.9 Å². The van der Waals surface area contributed by atoms with E-state index in [1.807, 2.05) is 6.07 Å². The summed E-state index contributed by atoms with van der Waals surface area (Å²) in [6.45, 7) is 0. The Morgan fingerprint density at radius 2 is 1.82 bits per heavy atom. The molecule has 4 nitrogen and oxygen atoms in total. The maximum absolute atomic E-state index is 11.6. The van der Waals surface area contributed by atoms with Crippen molar-refractivity contribution in [1.29, 1.82) is 0 Å². The summed E-state index contributed by atoms with van der Waals surface area (Å²) in [4.78, 5) is 33.8. The summed E-state index contributed by atoms with van der Waals surface area (Å²) in [7, 11) is 1.06. The Kier molecular flexibility index (Phi) is 4.84. The van der Waals surface area contributed by atoms with E-state index in [0.717, 1.165) is 12.7 Å². The van der Waals surface area contributed by atoms with Crippen molar-refractivity contribution in [2.45, 2.75) is 11.8 Å². The molecule has 0 saturated heterocycles. The number of carbonyl (C=O) groups is 3. The molecule has 0 saturated carbocycles. The second kappa shape index (κ2) is 6.15. The summed E-state index contributed by atoms with van der Waals surface area (Å²) in [6.07, 6.45) is 0.0116. The number of hydrogen-bond donors (Lipinski definition) is 0. The van der Waals surface area contributed by atoms with Crippen molar-refractivity contribution >= 4 is 29.1 Å².